The zero-order valence-electron chi connectivity index (χ0n) is 12.4. The molecule has 0 saturated heterocycles. The van der Waals surface area contributed by atoms with E-state index in [-0.39, 0.29) is 12.4 Å². The smallest absolute Gasteiger partial charge is 0.196 e. The molecule has 0 atom stereocenters. The van der Waals surface area contributed by atoms with Gasteiger partial charge >= 0.3 is 0 Å². The second kappa shape index (κ2) is 6.24. The van der Waals surface area contributed by atoms with Crippen molar-refractivity contribution in [3.8, 4) is 17.6 Å². The molecule has 3 aromatic rings. The number of methoxy groups -OCH3 is 1. The van der Waals surface area contributed by atoms with Crippen LogP contribution in [0.3, 0.4) is 0 Å². The van der Waals surface area contributed by atoms with Gasteiger partial charge in [0.15, 0.2) is 12.4 Å². The first-order chi connectivity index (χ1) is 11.2. The van der Waals surface area contributed by atoms with Gasteiger partial charge in [0.25, 0.3) is 0 Å². The van der Waals surface area contributed by atoms with E-state index in [1.807, 2.05) is 6.07 Å². The lowest BCUT2D eigenvalue weighted by atomic mass is 10.0. The van der Waals surface area contributed by atoms with Gasteiger partial charge in [-0.2, -0.15) is 5.26 Å². The van der Waals surface area contributed by atoms with Crippen LogP contribution < -0.4 is 9.47 Å². The van der Waals surface area contributed by atoms with Crippen molar-refractivity contribution in [3.05, 3.63) is 59.9 Å². The Morgan fingerprint density at radius 1 is 1.17 bits per heavy atom. The van der Waals surface area contributed by atoms with E-state index >= 15 is 0 Å². The Balaban J connectivity index is 1.97. The van der Waals surface area contributed by atoms with Gasteiger partial charge in [-0.1, -0.05) is 0 Å². The summed E-state index contributed by atoms with van der Waals surface area (Å²) in [4.78, 5) is 12.7. The number of ketones is 1. The predicted octanol–water partition coefficient (Wildman–Crippen LogP) is 3.57. The molecule has 3 rings (SSSR count). The fraction of sp³-hybridized carbons (Fsp3) is 0.111. The largest absolute Gasteiger partial charge is 0.497 e. The van der Waals surface area contributed by atoms with Crippen molar-refractivity contribution in [2.75, 3.05) is 13.7 Å². The molecular formula is C18H13NO4. The predicted molar refractivity (Wildman–Crippen MR) is 83.7 cm³/mol. The van der Waals surface area contributed by atoms with Crippen molar-refractivity contribution < 1.29 is 18.7 Å². The van der Waals surface area contributed by atoms with Gasteiger partial charge in [-0.15, -0.1) is 0 Å². The molecule has 23 heavy (non-hydrogen) atoms. The molecule has 0 aliphatic rings. The van der Waals surface area contributed by atoms with Crippen LogP contribution in [-0.2, 0) is 0 Å². The van der Waals surface area contributed by atoms with Crippen LogP contribution in [0.2, 0.25) is 0 Å². The quantitative estimate of drug-likeness (QED) is 0.674. The van der Waals surface area contributed by atoms with Crippen LogP contribution in [0.4, 0.5) is 0 Å². The van der Waals surface area contributed by atoms with Crippen LogP contribution in [0.15, 0.2) is 53.1 Å². The topological polar surface area (TPSA) is 72.5 Å². The van der Waals surface area contributed by atoms with Crippen LogP contribution in [0.5, 0.6) is 11.5 Å². The molecule has 0 fully saturated rings. The van der Waals surface area contributed by atoms with Crippen molar-refractivity contribution in [2.45, 2.75) is 0 Å². The number of furan rings is 1. The Morgan fingerprint density at radius 2 is 1.91 bits per heavy atom. The van der Waals surface area contributed by atoms with Crippen molar-refractivity contribution >= 4 is 16.8 Å². The molecule has 114 valence electrons. The van der Waals surface area contributed by atoms with Crippen LogP contribution in [0.25, 0.3) is 11.0 Å². The van der Waals surface area contributed by atoms with Crippen molar-refractivity contribution in [3.63, 3.8) is 0 Å². The molecule has 1 aromatic heterocycles. The third-order valence-electron chi connectivity index (χ3n) is 3.45. The van der Waals surface area contributed by atoms with Gasteiger partial charge in [-0.3, -0.25) is 4.79 Å². The van der Waals surface area contributed by atoms with Crippen molar-refractivity contribution in [1.82, 2.24) is 0 Å². The fourth-order valence-electron chi connectivity index (χ4n) is 2.29. The molecule has 0 saturated carbocycles. The average molecular weight is 307 g/mol. The number of carbonyl (C=O) groups excluding carboxylic acids is 1. The Kier molecular flexibility index (Phi) is 3.98. The highest BCUT2D eigenvalue weighted by Crippen LogP contribution is 2.28. The van der Waals surface area contributed by atoms with Gasteiger partial charge in [0.2, 0.25) is 0 Å². The first-order valence-electron chi connectivity index (χ1n) is 6.92. The molecule has 0 unspecified atom stereocenters. The van der Waals surface area contributed by atoms with E-state index in [1.165, 1.54) is 6.26 Å². The Labute approximate surface area is 132 Å². The van der Waals surface area contributed by atoms with E-state index in [1.54, 1.807) is 49.6 Å². The highest BCUT2D eigenvalue weighted by atomic mass is 16.5. The molecule has 0 radical (unpaired) electrons. The summed E-state index contributed by atoms with van der Waals surface area (Å²) >= 11 is 0. The SMILES string of the molecule is COc1ccc(C(=O)c2coc3ccc(OCC#N)cc23)cc1. The summed E-state index contributed by atoms with van der Waals surface area (Å²) in [7, 11) is 1.57. The van der Waals surface area contributed by atoms with Gasteiger partial charge in [0.05, 0.1) is 12.7 Å². The van der Waals surface area contributed by atoms with E-state index in [4.69, 9.17) is 19.2 Å². The Bertz CT molecular complexity index is 888. The lowest BCUT2D eigenvalue weighted by Gasteiger charge is -2.03. The lowest BCUT2D eigenvalue weighted by molar-refractivity contribution is 0.103. The second-order valence-corrected chi connectivity index (χ2v) is 4.81. The first-order valence-corrected chi connectivity index (χ1v) is 6.92. The molecule has 0 amide bonds. The van der Waals surface area contributed by atoms with Crippen LogP contribution in [0.1, 0.15) is 15.9 Å². The number of benzene rings is 2. The van der Waals surface area contributed by atoms with E-state index < -0.39 is 0 Å². The van der Waals surface area contributed by atoms with E-state index in [0.717, 1.165) is 0 Å². The van der Waals surface area contributed by atoms with Crippen LogP contribution >= 0.6 is 0 Å². The number of nitrogens with zero attached hydrogens (tertiary/aromatic N) is 1. The number of hydrogen-bond acceptors (Lipinski definition) is 5. The zero-order valence-corrected chi connectivity index (χ0v) is 12.4. The van der Waals surface area contributed by atoms with Gasteiger partial charge < -0.3 is 13.9 Å². The number of nitriles is 1. The number of rotatable bonds is 5. The van der Waals surface area contributed by atoms with Gasteiger partial charge in [-0.25, -0.2) is 0 Å². The number of hydrogen-bond donors (Lipinski definition) is 0. The molecule has 0 N–H and O–H groups in total. The molecule has 5 heteroatoms. The molecular weight excluding hydrogens is 294 g/mol. The van der Waals surface area contributed by atoms with Crippen LogP contribution in [0, 0.1) is 11.3 Å². The maximum absolute atomic E-state index is 12.7. The monoisotopic (exact) mass is 307 g/mol. The molecule has 0 aliphatic heterocycles. The fourth-order valence-corrected chi connectivity index (χ4v) is 2.29. The van der Waals surface area contributed by atoms with E-state index in [2.05, 4.69) is 0 Å². The zero-order chi connectivity index (χ0) is 16.2. The number of carbonyl (C=O) groups is 1. The lowest BCUT2D eigenvalue weighted by Crippen LogP contribution is -2.00. The standard InChI is InChI=1S/C18H13NO4/c1-21-13-4-2-12(3-5-13)18(20)16-11-23-17-7-6-14(10-15(16)17)22-9-8-19/h2-7,10-11H,9H2,1H3. The highest BCUT2D eigenvalue weighted by Gasteiger charge is 2.16. The minimum atomic E-state index is -0.149. The maximum atomic E-state index is 12.7. The molecule has 0 spiro atoms. The Hall–Kier alpha value is -3.26. The highest BCUT2D eigenvalue weighted by molar-refractivity contribution is 6.16. The summed E-state index contributed by atoms with van der Waals surface area (Å²) in [6.07, 6.45) is 1.44. The molecule has 0 bridgehead atoms. The summed E-state index contributed by atoms with van der Waals surface area (Å²) in [5.41, 5.74) is 1.58. The summed E-state index contributed by atoms with van der Waals surface area (Å²) in [6, 6.07) is 13.9. The van der Waals surface area contributed by atoms with Crippen molar-refractivity contribution in [2.24, 2.45) is 0 Å². The first kappa shape index (κ1) is 14.7. The number of ether oxygens (including phenoxy) is 2. The van der Waals surface area contributed by atoms with Crippen LogP contribution in [-0.4, -0.2) is 19.5 Å². The van der Waals surface area contributed by atoms with Gasteiger partial charge in [0, 0.05) is 10.9 Å². The Morgan fingerprint density at radius 3 is 2.61 bits per heavy atom. The van der Waals surface area contributed by atoms with E-state index in [9.17, 15) is 4.79 Å². The van der Waals surface area contributed by atoms with Crippen molar-refractivity contribution in [1.29, 1.82) is 5.26 Å². The molecule has 0 aliphatic carbocycles. The molecule has 5 nitrogen and oxygen atoms in total. The normalized spacial score (nSPS) is 10.3. The summed E-state index contributed by atoms with van der Waals surface area (Å²) in [5, 5.41) is 9.23. The molecule has 2 aromatic carbocycles. The average Bonchev–Trinajstić information content (AvgIpc) is 3.02. The minimum Gasteiger partial charge on any atom is -0.497 e. The molecule has 1 heterocycles. The number of fused-ring (bicyclic) bond motifs is 1. The van der Waals surface area contributed by atoms with Gasteiger partial charge in [-0.05, 0) is 42.5 Å². The second-order valence-electron chi connectivity index (χ2n) is 4.81. The summed E-state index contributed by atoms with van der Waals surface area (Å²) < 4.78 is 15.8. The third-order valence-corrected chi connectivity index (χ3v) is 3.45. The maximum Gasteiger partial charge on any atom is 0.196 e. The van der Waals surface area contributed by atoms with Gasteiger partial charge in [0.1, 0.15) is 29.4 Å². The summed E-state index contributed by atoms with van der Waals surface area (Å²) in [6.45, 7) is -0.0505. The summed E-state index contributed by atoms with van der Waals surface area (Å²) in [5.74, 6) is 1.05. The minimum absolute atomic E-state index is 0.0505. The third kappa shape index (κ3) is 2.87. The van der Waals surface area contributed by atoms with E-state index in [0.29, 0.717) is 33.6 Å².